The Balaban J connectivity index is 1.37. The van der Waals surface area contributed by atoms with Gasteiger partial charge in [-0.15, -0.1) is 0 Å². The van der Waals surface area contributed by atoms with Gasteiger partial charge < -0.3 is 20.1 Å². The van der Waals surface area contributed by atoms with E-state index in [2.05, 4.69) is 5.32 Å². The molecule has 0 saturated carbocycles. The van der Waals surface area contributed by atoms with E-state index >= 15 is 0 Å². The number of fused-ring (bicyclic) bond motifs is 3. The summed E-state index contributed by atoms with van der Waals surface area (Å²) in [7, 11) is 0. The lowest BCUT2D eigenvalue weighted by molar-refractivity contribution is -0.188. The van der Waals surface area contributed by atoms with E-state index in [-0.39, 0.29) is 12.5 Å². The molecule has 1 heterocycles. The molecule has 1 aliphatic carbocycles. The van der Waals surface area contributed by atoms with Crippen molar-refractivity contribution >= 4 is 18.0 Å². The summed E-state index contributed by atoms with van der Waals surface area (Å²) in [5.41, 5.74) is 4.12. The fraction of sp³-hybridized carbons (Fsp3) is 0.375. The number of alkyl carbamates (subject to hydrolysis) is 1. The minimum atomic E-state index is -4.75. The number of carboxylic acid groups (broad SMARTS) is 1. The molecule has 10 heteroatoms. The zero-order chi connectivity index (χ0) is 24.6. The summed E-state index contributed by atoms with van der Waals surface area (Å²) in [5, 5.41) is 11.5. The van der Waals surface area contributed by atoms with Gasteiger partial charge in [-0.25, -0.2) is 4.79 Å². The number of aliphatic carboxylic acids is 1. The van der Waals surface area contributed by atoms with Gasteiger partial charge in [-0.2, -0.15) is 13.2 Å². The van der Waals surface area contributed by atoms with Crippen LogP contribution in [0.5, 0.6) is 0 Å². The highest BCUT2D eigenvalue weighted by molar-refractivity contribution is 5.86. The molecule has 180 valence electrons. The summed E-state index contributed by atoms with van der Waals surface area (Å²) in [6.07, 6.45) is -5.63. The van der Waals surface area contributed by atoms with E-state index in [0.29, 0.717) is 0 Å². The molecule has 2 amide bonds. The third-order valence-corrected chi connectivity index (χ3v) is 6.42. The zero-order valence-corrected chi connectivity index (χ0v) is 18.2. The second-order valence-corrected chi connectivity index (χ2v) is 8.53. The highest BCUT2D eigenvalue weighted by atomic mass is 19.4. The topological polar surface area (TPSA) is 95.9 Å². The van der Waals surface area contributed by atoms with Crippen molar-refractivity contribution in [2.24, 2.45) is 11.8 Å². The normalized spacial score (nSPS) is 20.4. The van der Waals surface area contributed by atoms with Gasteiger partial charge >= 0.3 is 18.2 Å². The van der Waals surface area contributed by atoms with Gasteiger partial charge in [-0.3, -0.25) is 9.59 Å². The first-order valence-electron chi connectivity index (χ1n) is 10.8. The van der Waals surface area contributed by atoms with Gasteiger partial charge in [0.05, 0.1) is 11.8 Å². The average molecular weight is 476 g/mol. The molecule has 0 radical (unpaired) electrons. The lowest BCUT2D eigenvalue weighted by atomic mass is 9.96. The van der Waals surface area contributed by atoms with Gasteiger partial charge in [-0.05, 0) is 29.2 Å². The number of nitrogens with one attached hydrogen (secondary N) is 1. The molecule has 7 nitrogen and oxygen atoms in total. The molecule has 2 N–H and O–H groups in total. The molecular weight excluding hydrogens is 453 g/mol. The second kappa shape index (κ2) is 9.00. The minimum absolute atomic E-state index is 0.0156. The standard InChI is InChI=1S/C24H23F3N2O5/c1-13(21(30)29-10-18(22(31)32)20(11-29)24(25,26)27)28-23(33)34-12-19-16-8-4-2-6-14(16)15-7-3-5-9-17(15)19/h2-9,13,18-20H,10-12H2,1H3,(H,28,33)(H,31,32)/t13-,18?,20?/m0/s1. The number of likely N-dealkylation sites (tertiary alicyclic amines) is 1. The average Bonchev–Trinajstić information content (AvgIpc) is 3.38. The van der Waals surface area contributed by atoms with E-state index in [4.69, 9.17) is 9.84 Å². The highest BCUT2D eigenvalue weighted by Crippen LogP contribution is 2.44. The van der Waals surface area contributed by atoms with Crippen molar-refractivity contribution in [1.82, 2.24) is 10.2 Å². The molecule has 2 unspecified atom stereocenters. The van der Waals surface area contributed by atoms with E-state index in [9.17, 15) is 27.6 Å². The molecule has 0 aromatic heterocycles. The molecular formula is C24H23F3N2O5. The van der Waals surface area contributed by atoms with Crippen LogP contribution in [0.1, 0.15) is 24.0 Å². The lowest BCUT2D eigenvalue weighted by Gasteiger charge is -2.22. The number of hydrogen-bond acceptors (Lipinski definition) is 4. The quantitative estimate of drug-likeness (QED) is 0.687. The largest absolute Gasteiger partial charge is 0.481 e. The van der Waals surface area contributed by atoms with E-state index < -0.39 is 55.1 Å². The van der Waals surface area contributed by atoms with Gasteiger partial charge in [-0.1, -0.05) is 48.5 Å². The maximum atomic E-state index is 13.2. The maximum absolute atomic E-state index is 13.2. The van der Waals surface area contributed by atoms with E-state index in [1.807, 2.05) is 48.5 Å². The Hall–Kier alpha value is -3.56. The highest BCUT2D eigenvalue weighted by Gasteiger charge is 2.53. The van der Waals surface area contributed by atoms with Crippen LogP contribution < -0.4 is 5.32 Å². The predicted molar refractivity (Wildman–Crippen MR) is 115 cm³/mol. The molecule has 3 atom stereocenters. The summed E-state index contributed by atoms with van der Waals surface area (Å²) in [6.45, 7) is -0.00671. The first kappa shape index (κ1) is 23.6. The van der Waals surface area contributed by atoms with Crippen molar-refractivity contribution in [2.45, 2.75) is 25.1 Å². The smallest absolute Gasteiger partial charge is 0.407 e. The van der Waals surface area contributed by atoms with Gasteiger partial charge in [0.1, 0.15) is 12.6 Å². The third-order valence-electron chi connectivity index (χ3n) is 6.42. The zero-order valence-electron chi connectivity index (χ0n) is 18.2. The minimum Gasteiger partial charge on any atom is -0.481 e. The number of carboxylic acids is 1. The molecule has 4 rings (SSSR count). The van der Waals surface area contributed by atoms with Gasteiger partial charge in [0.25, 0.3) is 0 Å². The van der Waals surface area contributed by atoms with Crippen molar-refractivity contribution in [3.63, 3.8) is 0 Å². The fourth-order valence-electron chi connectivity index (χ4n) is 4.72. The van der Waals surface area contributed by atoms with Gasteiger partial charge in [0.2, 0.25) is 5.91 Å². The summed E-state index contributed by atoms with van der Waals surface area (Å²) in [6, 6.07) is 14.4. The van der Waals surface area contributed by atoms with E-state index in [0.717, 1.165) is 27.2 Å². The first-order chi connectivity index (χ1) is 16.1. The second-order valence-electron chi connectivity index (χ2n) is 8.53. The first-order valence-corrected chi connectivity index (χ1v) is 10.8. The number of carbonyl (C=O) groups excluding carboxylic acids is 2. The van der Waals surface area contributed by atoms with Crippen LogP contribution in [0.3, 0.4) is 0 Å². The molecule has 1 fully saturated rings. The van der Waals surface area contributed by atoms with Gasteiger partial charge in [0.15, 0.2) is 0 Å². The SMILES string of the molecule is C[C@H](NC(=O)OCC1c2ccccc2-c2ccccc21)C(=O)N1CC(C(=O)O)C(C(F)(F)F)C1. The molecule has 2 aliphatic rings. The van der Waals surface area contributed by atoms with Crippen molar-refractivity contribution in [3.05, 3.63) is 59.7 Å². The molecule has 1 saturated heterocycles. The summed E-state index contributed by atoms with van der Waals surface area (Å²) in [4.78, 5) is 37.0. The van der Waals surface area contributed by atoms with Crippen LogP contribution in [0.2, 0.25) is 0 Å². The summed E-state index contributed by atoms with van der Waals surface area (Å²) in [5.74, 6) is -6.51. The monoisotopic (exact) mass is 476 g/mol. The number of halogens is 3. The van der Waals surface area contributed by atoms with Crippen LogP contribution in [-0.2, 0) is 14.3 Å². The number of nitrogens with zero attached hydrogens (tertiary/aromatic N) is 1. The number of benzene rings is 2. The van der Waals surface area contributed by atoms with Crippen LogP contribution in [0.4, 0.5) is 18.0 Å². The van der Waals surface area contributed by atoms with Crippen LogP contribution in [0, 0.1) is 11.8 Å². The molecule has 0 bridgehead atoms. The van der Waals surface area contributed by atoms with Crippen molar-refractivity contribution in [2.75, 3.05) is 19.7 Å². The summed E-state index contributed by atoms with van der Waals surface area (Å²) >= 11 is 0. The Kier molecular flexibility index (Phi) is 6.24. The Bertz CT molecular complexity index is 1070. The molecule has 34 heavy (non-hydrogen) atoms. The predicted octanol–water partition coefficient (Wildman–Crippen LogP) is 3.64. The third kappa shape index (κ3) is 4.44. The number of rotatable bonds is 5. The van der Waals surface area contributed by atoms with E-state index in [1.54, 1.807) is 0 Å². The van der Waals surface area contributed by atoms with Crippen LogP contribution in [0.15, 0.2) is 48.5 Å². The van der Waals surface area contributed by atoms with Crippen LogP contribution >= 0.6 is 0 Å². The van der Waals surface area contributed by atoms with Crippen molar-refractivity contribution in [3.8, 4) is 11.1 Å². The lowest BCUT2D eigenvalue weighted by Crippen LogP contribution is -2.47. The van der Waals surface area contributed by atoms with E-state index in [1.165, 1.54) is 6.92 Å². The number of amides is 2. The van der Waals surface area contributed by atoms with Gasteiger partial charge in [0, 0.05) is 19.0 Å². The van der Waals surface area contributed by atoms with Crippen molar-refractivity contribution < 1.29 is 37.4 Å². The Labute approximate surface area is 193 Å². The molecule has 2 aromatic carbocycles. The molecule has 0 spiro atoms. The number of ether oxygens (including phenoxy) is 1. The number of hydrogen-bond donors (Lipinski definition) is 2. The van der Waals surface area contributed by atoms with Crippen LogP contribution in [0.25, 0.3) is 11.1 Å². The Morgan fingerprint density at radius 3 is 2.12 bits per heavy atom. The summed E-state index contributed by atoms with van der Waals surface area (Å²) < 4.78 is 44.9. The molecule has 2 aromatic rings. The Morgan fingerprint density at radius 2 is 1.62 bits per heavy atom. The van der Waals surface area contributed by atoms with Crippen molar-refractivity contribution in [1.29, 1.82) is 0 Å². The number of carbonyl (C=O) groups is 3. The Morgan fingerprint density at radius 1 is 1.06 bits per heavy atom. The fourth-order valence-corrected chi connectivity index (χ4v) is 4.72. The molecule has 1 aliphatic heterocycles. The number of alkyl halides is 3. The maximum Gasteiger partial charge on any atom is 0.407 e. The van der Waals surface area contributed by atoms with Crippen LogP contribution in [-0.4, -0.2) is 59.9 Å².